The molecule has 0 aliphatic rings. The summed E-state index contributed by atoms with van der Waals surface area (Å²) in [5.41, 5.74) is 9.89. The molecule has 0 heterocycles. The SMILES string of the molecule is COCCc1ccc(C(N)c2ccc(SC)cc2)cc1. The van der Waals surface area contributed by atoms with Crippen molar-refractivity contribution in [3.63, 3.8) is 0 Å². The number of nitrogens with two attached hydrogens (primary N) is 1. The summed E-state index contributed by atoms with van der Waals surface area (Å²) in [5, 5.41) is 0. The molecule has 2 aromatic rings. The zero-order chi connectivity index (χ0) is 14.4. The highest BCUT2D eigenvalue weighted by Gasteiger charge is 2.08. The summed E-state index contributed by atoms with van der Waals surface area (Å²) in [7, 11) is 1.72. The van der Waals surface area contributed by atoms with E-state index in [9.17, 15) is 0 Å². The fourth-order valence-electron chi connectivity index (χ4n) is 2.12. The number of hydrogen-bond acceptors (Lipinski definition) is 3. The molecular weight excluding hydrogens is 266 g/mol. The van der Waals surface area contributed by atoms with Crippen molar-refractivity contribution in [1.29, 1.82) is 0 Å². The monoisotopic (exact) mass is 287 g/mol. The Bertz CT molecular complexity index is 522. The molecule has 3 heteroatoms. The number of ether oxygens (including phenoxy) is 1. The Kier molecular flexibility index (Phi) is 5.65. The Morgan fingerprint density at radius 1 is 1.00 bits per heavy atom. The van der Waals surface area contributed by atoms with Crippen molar-refractivity contribution < 1.29 is 4.74 Å². The fourth-order valence-corrected chi connectivity index (χ4v) is 2.52. The molecule has 0 bridgehead atoms. The first-order valence-electron chi connectivity index (χ1n) is 6.72. The lowest BCUT2D eigenvalue weighted by Crippen LogP contribution is -2.11. The second kappa shape index (κ2) is 7.48. The molecule has 0 aliphatic heterocycles. The van der Waals surface area contributed by atoms with Gasteiger partial charge in [0.25, 0.3) is 0 Å². The van der Waals surface area contributed by atoms with E-state index in [4.69, 9.17) is 10.5 Å². The number of benzene rings is 2. The van der Waals surface area contributed by atoms with Crippen LogP contribution in [0.2, 0.25) is 0 Å². The van der Waals surface area contributed by atoms with E-state index in [0.29, 0.717) is 0 Å². The van der Waals surface area contributed by atoms with Crippen LogP contribution in [0, 0.1) is 0 Å². The van der Waals surface area contributed by atoms with Crippen LogP contribution in [0.4, 0.5) is 0 Å². The van der Waals surface area contributed by atoms with Crippen LogP contribution in [-0.4, -0.2) is 20.0 Å². The van der Waals surface area contributed by atoms with Crippen LogP contribution in [0.15, 0.2) is 53.4 Å². The topological polar surface area (TPSA) is 35.2 Å². The maximum absolute atomic E-state index is 6.33. The predicted octanol–water partition coefficient (Wildman–Crippen LogP) is 3.65. The third-order valence-corrected chi connectivity index (χ3v) is 4.15. The molecule has 0 spiro atoms. The van der Waals surface area contributed by atoms with Crippen LogP contribution >= 0.6 is 11.8 Å². The van der Waals surface area contributed by atoms with Crippen LogP contribution in [-0.2, 0) is 11.2 Å². The first-order valence-corrected chi connectivity index (χ1v) is 7.94. The lowest BCUT2D eigenvalue weighted by molar-refractivity contribution is 0.202. The number of hydrogen-bond donors (Lipinski definition) is 1. The molecule has 0 radical (unpaired) electrons. The summed E-state index contributed by atoms with van der Waals surface area (Å²) in [5.74, 6) is 0. The van der Waals surface area contributed by atoms with Crippen molar-refractivity contribution in [3.05, 3.63) is 65.2 Å². The van der Waals surface area contributed by atoms with Crippen LogP contribution < -0.4 is 5.73 Å². The van der Waals surface area contributed by atoms with Crippen molar-refractivity contribution in [2.24, 2.45) is 5.73 Å². The molecule has 106 valence electrons. The Labute approximate surface area is 125 Å². The quantitative estimate of drug-likeness (QED) is 0.824. The third-order valence-electron chi connectivity index (χ3n) is 3.41. The zero-order valence-corrected chi connectivity index (χ0v) is 12.8. The van der Waals surface area contributed by atoms with E-state index in [0.717, 1.165) is 24.2 Å². The Morgan fingerprint density at radius 2 is 1.55 bits per heavy atom. The minimum Gasteiger partial charge on any atom is -0.384 e. The average Bonchev–Trinajstić information content (AvgIpc) is 2.53. The molecule has 20 heavy (non-hydrogen) atoms. The van der Waals surface area contributed by atoms with Gasteiger partial charge < -0.3 is 10.5 Å². The molecule has 0 aliphatic carbocycles. The van der Waals surface area contributed by atoms with Gasteiger partial charge in [0.05, 0.1) is 12.6 Å². The maximum atomic E-state index is 6.33. The molecule has 2 nitrogen and oxygen atoms in total. The van der Waals surface area contributed by atoms with Crippen LogP contribution in [0.25, 0.3) is 0 Å². The molecule has 0 saturated carbocycles. The molecule has 1 atom stereocenters. The van der Waals surface area contributed by atoms with E-state index in [1.165, 1.54) is 10.5 Å². The van der Waals surface area contributed by atoms with Crippen LogP contribution in [0.5, 0.6) is 0 Å². The second-order valence-corrected chi connectivity index (χ2v) is 5.61. The third kappa shape index (κ3) is 3.85. The minimum absolute atomic E-state index is 0.0672. The van der Waals surface area contributed by atoms with Gasteiger partial charge in [-0.3, -0.25) is 0 Å². The highest BCUT2D eigenvalue weighted by atomic mass is 32.2. The molecule has 0 saturated heterocycles. The molecule has 0 aromatic heterocycles. The molecule has 2 aromatic carbocycles. The van der Waals surface area contributed by atoms with Gasteiger partial charge in [-0.1, -0.05) is 36.4 Å². The molecule has 1 unspecified atom stereocenters. The van der Waals surface area contributed by atoms with Crippen molar-refractivity contribution in [2.45, 2.75) is 17.4 Å². The highest BCUT2D eigenvalue weighted by molar-refractivity contribution is 7.98. The Morgan fingerprint density at radius 3 is 2.05 bits per heavy atom. The van der Waals surface area contributed by atoms with E-state index < -0.39 is 0 Å². The maximum Gasteiger partial charge on any atom is 0.0551 e. The van der Waals surface area contributed by atoms with Gasteiger partial charge >= 0.3 is 0 Å². The van der Waals surface area contributed by atoms with Gasteiger partial charge in [0.15, 0.2) is 0 Å². The van der Waals surface area contributed by atoms with Gasteiger partial charge in [-0.25, -0.2) is 0 Å². The Balaban J connectivity index is 2.09. The zero-order valence-electron chi connectivity index (χ0n) is 12.0. The van der Waals surface area contributed by atoms with Crippen LogP contribution in [0.1, 0.15) is 22.7 Å². The number of methoxy groups -OCH3 is 1. The second-order valence-electron chi connectivity index (χ2n) is 4.74. The van der Waals surface area contributed by atoms with E-state index in [2.05, 4.69) is 54.8 Å². The first kappa shape index (κ1) is 15.1. The van der Waals surface area contributed by atoms with E-state index in [1.54, 1.807) is 18.9 Å². The molecular formula is C17H21NOS. The lowest BCUT2D eigenvalue weighted by Gasteiger charge is -2.13. The molecule has 2 N–H and O–H groups in total. The normalized spacial score (nSPS) is 12.3. The standard InChI is InChI=1S/C17H21NOS/c1-19-12-11-13-3-5-14(6-4-13)17(18)15-7-9-16(20-2)10-8-15/h3-10,17H,11-12,18H2,1-2H3. The van der Waals surface area contributed by atoms with Gasteiger partial charge in [-0.05, 0) is 41.5 Å². The highest BCUT2D eigenvalue weighted by Crippen LogP contribution is 2.23. The summed E-state index contributed by atoms with van der Waals surface area (Å²) < 4.78 is 5.09. The van der Waals surface area contributed by atoms with Crippen molar-refractivity contribution in [2.75, 3.05) is 20.0 Å². The fraction of sp³-hybridized carbons (Fsp3) is 0.294. The van der Waals surface area contributed by atoms with Crippen molar-refractivity contribution in [1.82, 2.24) is 0 Å². The van der Waals surface area contributed by atoms with E-state index >= 15 is 0 Å². The molecule has 2 rings (SSSR count). The summed E-state index contributed by atoms with van der Waals surface area (Å²) in [6, 6.07) is 16.9. The van der Waals surface area contributed by atoms with Gasteiger partial charge in [-0.15, -0.1) is 11.8 Å². The summed E-state index contributed by atoms with van der Waals surface area (Å²) >= 11 is 1.74. The Hall–Kier alpha value is -1.29. The summed E-state index contributed by atoms with van der Waals surface area (Å²) in [6.45, 7) is 0.752. The molecule has 0 amide bonds. The smallest absolute Gasteiger partial charge is 0.0551 e. The van der Waals surface area contributed by atoms with E-state index in [-0.39, 0.29) is 6.04 Å². The minimum atomic E-state index is -0.0672. The van der Waals surface area contributed by atoms with Crippen molar-refractivity contribution >= 4 is 11.8 Å². The number of thioether (sulfide) groups is 1. The van der Waals surface area contributed by atoms with Gasteiger partial charge in [0, 0.05) is 12.0 Å². The van der Waals surface area contributed by atoms with Gasteiger partial charge in [-0.2, -0.15) is 0 Å². The van der Waals surface area contributed by atoms with E-state index in [1.807, 2.05) is 0 Å². The predicted molar refractivity (Wildman–Crippen MR) is 86.3 cm³/mol. The average molecular weight is 287 g/mol. The molecule has 0 fully saturated rings. The number of rotatable bonds is 6. The van der Waals surface area contributed by atoms with Crippen LogP contribution in [0.3, 0.4) is 0 Å². The summed E-state index contributed by atoms with van der Waals surface area (Å²) in [4.78, 5) is 1.26. The largest absolute Gasteiger partial charge is 0.384 e. The lowest BCUT2D eigenvalue weighted by atomic mass is 9.98. The van der Waals surface area contributed by atoms with Crippen molar-refractivity contribution in [3.8, 4) is 0 Å². The first-order chi connectivity index (χ1) is 9.74. The van der Waals surface area contributed by atoms with Gasteiger partial charge in [0.1, 0.15) is 0 Å². The summed E-state index contributed by atoms with van der Waals surface area (Å²) in [6.07, 6.45) is 3.02. The van der Waals surface area contributed by atoms with Gasteiger partial charge in [0.2, 0.25) is 0 Å².